The Morgan fingerprint density at radius 3 is 2.05 bits per heavy atom. The van der Waals surface area contributed by atoms with Crippen LogP contribution in [0.1, 0.15) is 78.1 Å². The van der Waals surface area contributed by atoms with Crippen LogP contribution in [0.25, 0.3) is 50.4 Å². The SMILES string of the molecule is C=Cc1c(C)c2cc3nc(cc4[n-]c(cc5nc(cc1[n-]2)C(C)=C5CCC(=O)O)c(CCC(=O)O)c4C)C(C)=C3[C@@H]1C[SH+]1.[Fe+2]. The summed E-state index contributed by atoms with van der Waals surface area (Å²) in [4.78, 5) is 43.1. The predicted octanol–water partition coefficient (Wildman–Crippen LogP) is 5.77. The van der Waals surface area contributed by atoms with Gasteiger partial charge in [-0.3, -0.25) is 9.59 Å². The maximum atomic E-state index is 11.6. The van der Waals surface area contributed by atoms with Gasteiger partial charge in [-0.05, 0) is 74.6 Å². The second-order valence-corrected chi connectivity index (χ2v) is 12.6. The topological polar surface area (TPSA) is 129 Å². The molecule has 0 spiro atoms. The van der Waals surface area contributed by atoms with E-state index in [0.717, 1.165) is 72.7 Å². The quantitative estimate of drug-likeness (QED) is 0.136. The van der Waals surface area contributed by atoms with E-state index in [4.69, 9.17) is 19.9 Å². The van der Waals surface area contributed by atoms with Crippen LogP contribution in [0.3, 0.4) is 0 Å². The molecule has 1 atom stereocenters. The van der Waals surface area contributed by atoms with Gasteiger partial charge in [-0.1, -0.05) is 53.6 Å². The van der Waals surface area contributed by atoms with Crippen molar-refractivity contribution in [2.45, 2.75) is 58.6 Å². The monoisotopic (exact) mass is 649 g/mol. The van der Waals surface area contributed by atoms with E-state index in [1.807, 2.05) is 45.0 Å². The van der Waals surface area contributed by atoms with Crippen molar-refractivity contribution in [3.63, 3.8) is 0 Å². The Morgan fingerprint density at radius 2 is 1.39 bits per heavy atom. The fourth-order valence-corrected chi connectivity index (χ4v) is 6.81. The van der Waals surface area contributed by atoms with Gasteiger partial charge in [0, 0.05) is 18.4 Å². The first-order valence-corrected chi connectivity index (χ1v) is 15.5. The van der Waals surface area contributed by atoms with Gasteiger partial charge in [0.05, 0.1) is 22.8 Å². The number of hydrogen-bond acceptors (Lipinski definition) is 4. The molecular formula is C34H33FeN4O4S+. The largest absolute Gasteiger partial charge is 2.00 e. The summed E-state index contributed by atoms with van der Waals surface area (Å²) < 4.78 is 0. The Hall–Kier alpha value is -3.85. The summed E-state index contributed by atoms with van der Waals surface area (Å²) >= 11 is 1.39. The molecule has 6 rings (SSSR count). The van der Waals surface area contributed by atoms with Crippen molar-refractivity contribution < 1.29 is 36.9 Å². The number of hydrogen-bond donors (Lipinski definition) is 2. The number of aryl methyl sites for hydroxylation is 3. The van der Waals surface area contributed by atoms with Crippen molar-refractivity contribution >= 4 is 74.1 Å². The fourth-order valence-electron chi connectivity index (χ4n) is 6.01. The van der Waals surface area contributed by atoms with E-state index in [9.17, 15) is 19.8 Å². The molecule has 8 nitrogen and oxygen atoms in total. The number of carboxylic acid groups (broad SMARTS) is 2. The molecule has 0 aromatic carbocycles. The molecule has 8 bridgehead atoms. The average Bonchev–Trinajstić information content (AvgIpc) is 3.50. The zero-order chi connectivity index (χ0) is 30.6. The molecule has 44 heavy (non-hydrogen) atoms. The van der Waals surface area contributed by atoms with Gasteiger partial charge in [0.25, 0.3) is 0 Å². The minimum Gasteiger partial charge on any atom is -0.657 e. The van der Waals surface area contributed by atoms with Gasteiger partial charge >= 0.3 is 29.0 Å². The van der Waals surface area contributed by atoms with E-state index < -0.39 is 11.9 Å². The Labute approximate surface area is 270 Å². The van der Waals surface area contributed by atoms with Crippen molar-refractivity contribution in [2.24, 2.45) is 0 Å². The normalized spacial score (nSPS) is 15.8. The van der Waals surface area contributed by atoms with Crippen LogP contribution in [0.5, 0.6) is 0 Å². The molecule has 0 aliphatic carbocycles. The van der Waals surface area contributed by atoms with Crippen molar-refractivity contribution in [3.8, 4) is 0 Å². The average molecular weight is 650 g/mol. The number of allylic oxidation sites excluding steroid dienone is 3. The van der Waals surface area contributed by atoms with Crippen molar-refractivity contribution in [1.82, 2.24) is 19.9 Å². The third kappa shape index (κ3) is 5.82. The Morgan fingerprint density at radius 1 is 0.841 bits per heavy atom. The van der Waals surface area contributed by atoms with E-state index in [1.54, 1.807) is 0 Å². The summed E-state index contributed by atoms with van der Waals surface area (Å²) in [5, 5.41) is 19.4. The Kier molecular flexibility index (Phi) is 8.80. The molecule has 3 aliphatic rings. The molecule has 0 saturated carbocycles. The van der Waals surface area contributed by atoms with E-state index in [2.05, 4.69) is 19.6 Å². The van der Waals surface area contributed by atoms with E-state index in [1.165, 1.54) is 17.3 Å². The van der Waals surface area contributed by atoms with Crippen LogP contribution in [0, 0.1) is 13.8 Å². The van der Waals surface area contributed by atoms with Crippen molar-refractivity contribution in [2.75, 3.05) is 5.75 Å². The van der Waals surface area contributed by atoms with Crippen molar-refractivity contribution in [3.05, 3.63) is 75.9 Å². The summed E-state index contributed by atoms with van der Waals surface area (Å²) in [6, 6.07) is 7.88. The molecule has 226 valence electrons. The summed E-state index contributed by atoms with van der Waals surface area (Å²) in [6.07, 6.45) is 2.37. The van der Waals surface area contributed by atoms with E-state index >= 15 is 0 Å². The predicted molar refractivity (Wildman–Crippen MR) is 174 cm³/mol. The van der Waals surface area contributed by atoms with Crippen LogP contribution in [0.15, 0.2) is 30.8 Å². The second-order valence-electron chi connectivity index (χ2n) is 11.3. The zero-order valence-electron chi connectivity index (χ0n) is 25.0. The van der Waals surface area contributed by atoms with Gasteiger partial charge in [0.15, 0.2) is 11.0 Å². The molecule has 1 saturated heterocycles. The number of rotatable bonds is 8. The van der Waals surface area contributed by atoms with Crippen LogP contribution >= 0.6 is 0 Å². The molecule has 10 heteroatoms. The van der Waals surface area contributed by atoms with Gasteiger partial charge < -0.3 is 20.2 Å². The first kappa shape index (κ1) is 31.6. The van der Waals surface area contributed by atoms with Crippen LogP contribution in [0.2, 0.25) is 0 Å². The molecule has 3 aromatic heterocycles. The number of aliphatic carboxylic acids is 2. The molecule has 1 fully saturated rings. The van der Waals surface area contributed by atoms with Gasteiger partial charge in [0.2, 0.25) is 0 Å². The van der Waals surface area contributed by atoms with Crippen LogP contribution in [0.4, 0.5) is 0 Å². The maximum absolute atomic E-state index is 11.6. The maximum Gasteiger partial charge on any atom is 2.00 e. The molecular weight excluding hydrogens is 616 g/mol. The number of carbonyl (C=O) groups is 2. The number of fused-ring (bicyclic) bond motifs is 8. The van der Waals surface area contributed by atoms with Gasteiger partial charge in [-0.25, -0.2) is 9.97 Å². The molecule has 6 heterocycles. The third-order valence-electron chi connectivity index (χ3n) is 8.56. The summed E-state index contributed by atoms with van der Waals surface area (Å²) in [6.45, 7) is 12.1. The van der Waals surface area contributed by atoms with Gasteiger partial charge in [0.1, 0.15) is 0 Å². The number of thiol groups is 1. The summed E-state index contributed by atoms with van der Waals surface area (Å²) in [5.74, 6) is -0.660. The van der Waals surface area contributed by atoms with Crippen LogP contribution in [-0.2, 0) is 44.8 Å². The smallest absolute Gasteiger partial charge is 0.657 e. The standard InChI is InChI=1S/C34H34N4O4S.Fe/c1-6-20-16(2)25-13-30-34(31-15-43-31)19(5)26(38-30)11-23-17(3)21(7-9-32(39)40)28(36-23)14-29-22(8-10-33(41)42)18(4)24(37-29)12-27(20)35-25;/h6,11-14,31H,1,7-10,15H2,2-5H3,(H4,35,36,37,38,39,40,41,42);/q;+2/p-1/t31-;/m0./s1. The summed E-state index contributed by atoms with van der Waals surface area (Å²) in [7, 11) is 0. The minimum atomic E-state index is -0.888. The van der Waals surface area contributed by atoms with Gasteiger partial charge in [-0.15, -0.1) is 22.1 Å². The molecule has 2 N–H and O–H groups in total. The fraction of sp³-hybridized carbons (Fsp3) is 0.294. The Balaban J connectivity index is 0.00000384. The first-order valence-electron chi connectivity index (χ1n) is 14.3. The number of aromatic nitrogens is 4. The van der Waals surface area contributed by atoms with Gasteiger partial charge in [-0.2, -0.15) is 0 Å². The van der Waals surface area contributed by atoms with Crippen molar-refractivity contribution in [1.29, 1.82) is 0 Å². The third-order valence-corrected chi connectivity index (χ3v) is 9.55. The number of nitrogens with zero attached hydrogens (tertiary/aromatic N) is 4. The first-order chi connectivity index (χ1) is 20.5. The molecule has 3 aliphatic heterocycles. The van der Waals surface area contributed by atoms with Crippen LogP contribution in [-0.4, -0.2) is 43.1 Å². The van der Waals surface area contributed by atoms with Crippen LogP contribution < -0.4 is 9.97 Å². The summed E-state index contributed by atoms with van der Waals surface area (Å²) in [5.41, 5.74) is 13.8. The molecule has 0 unspecified atom stereocenters. The minimum absolute atomic E-state index is 0. The Bertz CT molecular complexity index is 1960. The molecule has 3 aromatic rings. The number of carboxylic acids is 2. The van der Waals surface area contributed by atoms with E-state index in [-0.39, 0.29) is 29.9 Å². The molecule has 0 amide bonds. The van der Waals surface area contributed by atoms with E-state index in [0.29, 0.717) is 35.0 Å². The second kappa shape index (κ2) is 12.3. The molecule has 0 radical (unpaired) electrons. The zero-order valence-corrected chi connectivity index (χ0v) is 27.0.